The van der Waals surface area contributed by atoms with Gasteiger partial charge < -0.3 is 5.32 Å². The molecule has 0 bridgehead atoms. The van der Waals surface area contributed by atoms with Gasteiger partial charge in [0, 0.05) is 10.7 Å². The van der Waals surface area contributed by atoms with Crippen LogP contribution in [0.25, 0.3) is 0 Å². The molecule has 0 heterocycles. The van der Waals surface area contributed by atoms with Gasteiger partial charge >= 0.3 is 0 Å². The van der Waals surface area contributed by atoms with Gasteiger partial charge in [0.05, 0.1) is 22.5 Å². The van der Waals surface area contributed by atoms with E-state index in [1.807, 2.05) is 0 Å². The Morgan fingerprint density at radius 1 is 0.879 bits per heavy atom. The first-order valence-corrected chi connectivity index (χ1v) is 13.4. The lowest BCUT2D eigenvalue weighted by molar-refractivity contribution is -0.116. The first-order chi connectivity index (χ1) is 15.5. The summed E-state index contributed by atoms with van der Waals surface area (Å²) in [6.45, 7) is 1.47. The number of para-hydroxylation sites is 1. The molecule has 0 aliphatic carbocycles. The van der Waals surface area contributed by atoms with Crippen LogP contribution in [0.5, 0.6) is 0 Å². The van der Waals surface area contributed by atoms with Gasteiger partial charge in [-0.05, 0) is 61.5 Å². The molecular weight excluding hydrogens is 486 g/mol. The molecule has 1 amide bonds. The third-order valence-electron chi connectivity index (χ3n) is 4.61. The molecule has 8 nitrogen and oxygen atoms in total. The standard InChI is InChI=1S/C22H22ClN3O5S2/c1-16(26(32(2,28)29)20-9-4-3-5-10-20)22(27)24-18-11-13-21(14-12-18)33(30,31)25-19-8-6-7-17(23)15-19/h3-16,25H,1-2H3,(H,24,27)/t16-/m0/s1. The number of nitrogens with one attached hydrogen (secondary N) is 2. The molecule has 0 aliphatic heterocycles. The summed E-state index contributed by atoms with van der Waals surface area (Å²) < 4.78 is 53.3. The summed E-state index contributed by atoms with van der Waals surface area (Å²) in [6, 6.07) is 19.0. The maximum atomic E-state index is 12.8. The molecule has 0 saturated carbocycles. The van der Waals surface area contributed by atoms with Gasteiger partial charge in [-0.25, -0.2) is 16.8 Å². The highest BCUT2D eigenvalue weighted by Crippen LogP contribution is 2.23. The van der Waals surface area contributed by atoms with Gasteiger partial charge in [-0.1, -0.05) is 35.9 Å². The number of hydrogen-bond donors (Lipinski definition) is 2. The highest BCUT2D eigenvalue weighted by Gasteiger charge is 2.29. The topological polar surface area (TPSA) is 113 Å². The lowest BCUT2D eigenvalue weighted by Crippen LogP contribution is -2.45. The first kappa shape index (κ1) is 24.6. The molecule has 11 heteroatoms. The van der Waals surface area contributed by atoms with E-state index >= 15 is 0 Å². The predicted molar refractivity (Wildman–Crippen MR) is 131 cm³/mol. The van der Waals surface area contributed by atoms with E-state index in [1.165, 1.54) is 37.3 Å². The van der Waals surface area contributed by atoms with Crippen molar-refractivity contribution < 1.29 is 21.6 Å². The van der Waals surface area contributed by atoms with E-state index in [1.54, 1.807) is 48.5 Å². The number of rotatable bonds is 8. The number of carbonyl (C=O) groups excluding carboxylic acids is 1. The lowest BCUT2D eigenvalue weighted by atomic mass is 10.2. The van der Waals surface area contributed by atoms with Gasteiger partial charge in [-0.15, -0.1) is 0 Å². The number of hydrogen-bond acceptors (Lipinski definition) is 5. The van der Waals surface area contributed by atoms with Crippen molar-refractivity contribution in [3.05, 3.63) is 83.9 Å². The highest BCUT2D eigenvalue weighted by molar-refractivity contribution is 7.92. The normalized spacial score (nSPS) is 12.6. The number of sulfonamides is 2. The van der Waals surface area contributed by atoms with Crippen molar-refractivity contribution in [1.29, 1.82) is 0 Å². The third-order valence-corrected chi connectivity index (χ3v) is 7.48. The molecule has 0 radical (unpaired) electrons. The van der Waals surface area contributed by atoms with Crippen LogP contribution >= 0.6 is 11.6 Å². The Morgan fingerprint density at radius 3 is 2.09 bits per heavy atom. The van der Waals surface area contributed by atoms with Crippen LogP contribution in [-0.2, 0) is 24.8 Å². The minimum absolute atomic E-state index is 0.0180. The molecular formula is C22H22ClN3O5S2. The molecule has 3 rings (SSSR count). The Labute approximate surface area is 198 Å². The summed E-state index contributed by atoms with van der Waals surface area (Å²) in [6.07, 6.45) is 1.02. The quantitative estimate of drug-likeness (QED) is 0.479. The molecule has 3 aromatic carbocycles. The molecule has 174 valence electrons. The van der Waals surface area contributed by atoms with E-state index in [0.29, 0.717) is 22.1 Å². The Hall–Kier alpha value is -3.08. The molecule has 0 aliphatic rings. The second-order valence-corrected chi connectivity index (χ2v) is 11.2. The van der Waals surface area contributed by atoms with Crippen LogP contribution in [0.1, 0.15) is 6.92 Å². The van der Waals surface area contributed by atoms with E-state index in [0.717, 1.165) is 10.6 Å². The maximum absolute atomic E-state index is 12.8. The van der Waals surface area contributed by atoms with Gasteiger partial charge in [0.15, 0.2) is 0 Å². The summed E-state index contributed by atoms with van der Waals surface area (Å²) in [5.74, 6) is -0.572. The average molecular weight is 508 g/mol. The van der Waals surface area contributed by atoms with Crippen molar-refractivity contribution in [2.24, 2.45) is 0 Å². The molecule has 0 aromatic heterocycles. The largest absolute Gasteiger partial charge is 0.324 e. The number of halogens is 1. The van der Waals surface area contributed by atoms with Gasteiger partial charge in [0.1, 0.15) is 6.04 Å². The van der Waals surface area contributed by atoms with E-state index < -0.39 is 32.0 Å². The minimum atomic E-state index is -3.87. The van der Waals surface area contributed by atoms with Crippen LogP contribution in [0.4, 0.5) is 17.1 Å². The second kappa shape index (κ2) is 9.82. The second-order valence-electron chi connectivity index (χ2n) is 7.20. The van der Waals surface area contributed by atoms with Crippen molar-refractivity contribution in [1.82, 2.24) is 0 Å². The SMILES string of the molecule is C[C@@H](C(=O)Nc1ccc(S(=O)(=O)Nc2cccc(Cl)c2)cc1)N(c1ccccc1)S(C)(=O)=O. The Morgan fingerprint density at radius 2 is 1.52 bits per heavy atom. The monoisotopic (exact) mass is 507 g/mol. The van der Waals surface area contributed by atoms with Crippen molar-refractivity contribution in [3.8, 4) is 0 Å². The molecule has 0 fully saturated rings. The summed E-state index contributed by atoms with van der Waals surface area (Å²) in [4.78, 5) is 12.8. The summed E-state index contributed by atoms with van der Waals surface area (Å²) in [7, 11) is -7.61. The Kier molecular flexibility index (Phi) is 7.31. The maximum Gasteiger partial charge on any atom is 0.261 e. The number of anilines is 3. The van der Waals surface area contributed by atoms with Crippen molar-refractivity contribution >= 4 is 54.6 Å². The van der Waals surface area contributed by atoms with Gasteiger partial charge in [0.25, 0.3) is 10.0 Å². The van der Waals surface area contributed by atoms with E-state index in [9.17, 15) is 21.6 Å². The number of amides is 1. The van der Waals surface area contributed by atoms with Gasteiger partial charge in [-0.3, -0.25) is 13.8 Å². The predicted octanol–water partition coefficient (Wildman–Crippen LogP) is 3.93. The summed E-state index contributed by atoms with van der Waals surface area (Å²) in [5, 5.41) is 3.01. The molecule has 0 unspecified atom stereocenters. The summed E-state index contributed by atoms with van der Waals surface area (Å²) in [5.41, 5.74) is 0.988. The zero-order valence-electron chi connectivity index (χ0n) is 17.8. The zero-order chi connectivity index (χ0) is 24.2. The minimum Gasteiger partial charge on any atom is -0.324 e. The van der Waals surface area contributed by atoms with Crippen molar-refractivity contribution in [2.45, 2.75) is 17.9 Å². The smallest absolute Gasteiger partial charge is 0.261 e. The first-order valence-electron chi connectivity index (χ1n) is 9.71. The third kappa shape index (κ3) is 6.25. The van der Waals surface area contributed by atoms with Crippen LogP contribution in [0.3, 0.4) is 0 Å². The van der Waals surface area contributed by atoms with E-state index in [2.05, 4.69) is 10.0 Å². The fourth-order valence-corrected chi connectivity index (χ4v) is 5.53. The van der Waals surface area contributed by atoms with E-state index in [-0.39, 0.29) is 4.90 Å². The van der Waals surface area contributed by atoms with Gasteiger partial charge in [0.2, 0.25) is 15.9 Å². The molecule has 0 spiro atoms. The molecule has 2 N–H and O–H groups in total. The van der Waals surface area contributed by atoms with Gasteiger partial charge in [-0.2, -0.15) is 0 Å². The average Bonchev–Trinajstić information content (AvgIpc) is 2.73. The number of carbonyl (C=O) groups is 1. The highest BCUT2D eigenvalue weighted by atomic mass is 35.5. The molecule has 3 aromatic rings. The van der Waals surface area contributed by atoms with Crippen LogP contribution < -0.4 is 14.3 Å². The summed E-state index contributed by atoms with van der Waals surface area (Å²) >= 11 is 5.89. The number of nitrogens with zero attached hydrogens (tertiary/aromatic N) is 1. The van der Waals surface area contributed by atoms with Crippen LogP contribution in [0.2, 0.25) is 5.02 Å². The molecule has 33 heavy (non-hydrogen) atoms. The lowest BCUT2D eigenvalue weighted by Gasteiger charge is -2.28. The van der Waals surface area contributed by atoms with Crippen LogP contribution in [-0.4, -0.2) is 35.0 Å². The fraction of sp³-hybridized carbons (Fsp3) is 0.136. The molecule has 1 atom stereocenters. The Balaban J connectivity index is 1.75. The fourth-order valence-electron chi connectivity index (χ4n) is 3.11. The zero-order valence-corrected chi connectivity index (χ0v) is 20.2. The van der Waals surface area contributed by atoms with Crippen LogP contribution in [0, 0.1) is 0 Å². The van der Waals surface area contributed by atoms with Crippen molar-refractivity contribution in [3.63, 3.8) is 0 Å². The van der Waals surface area contributed by atoms with Crippen molar-refractivity contribution in [2.75, 3.05) is 20.6 Å². The Bertz CT molecular complexity index is 1350. The van der Waals surface area contributed by atoms with E-state index in [4.69, 9.17) is 11.6 Å². The number of benzene rings is 3. The van der Waals surface area contributed by atoms with Crippen LogP contribution in [0.15, 0.2) is 83.8 Å². The molecule has 0 saturated heterocycles.